The molecule has 1 aliphatic rings. The van der Waals surface area contributed by atoms with Crippen LogP contribution in [0.15, 0.2) is 42.5 Å². The molecule has 0 fully saturated rings. The third kappa shape index (κ3) is 3.92. The lowest BCUT2D eigenvalue weighted by Gasteiger charge is -2.32. The van der Waals surface area contributed by atoms with Gasteiger partial charge in [0.2, 0.25) is 0 Å². The lowest BCUT2D eigenvalue weighted by Crippen LogP contribution is -2.46. The lowest BCUT2D eigenvalue weighted by atomic mass is 9.90. The number of carbonyl (C=O) groups excluding carboxylic acids is 1. The average molecular weight is 343 g/mol. The Labute approximate surface area is 146 Å². The molecule has 0 saturated heterocycles. The van der Waals surface area contributed by atoms with Crippen LogP contribution in [0, 0.1) is 0 Å². The van der Waals surface area contributed by atoms with Crippen molar-refractivity contribution in [2.24, 2.45) is 0 Å². The molecule has 2 atom stereocenters. The molecule has 3 rings (SSSR count). The van der Waals surface area contributed by atoms with Gasteiger partial charge in [0, 0.05) is 0 Å². The predicted octanol–water partition coefficient (Wildman–Crippen LogP) is 2.04. The molecule has 0 spiro atoms. The third-order valence-corrected chi connectivity index (χ3v) is 4.32. The largest absolute Gasteiger partial charge is 0.504 e. The zero-order valence-corrected chi connectivity index (χ0v) is 13.9. The number of aromatic hydroxyl groups is 2. The van der Waals surface area contributed by atoms with Crippen molar-refractivity contribution in [3.05, 3.63) is 59.2 Å². The fourth-order valence-electron chi connectivity index (χ4n) is 3.05. The van der Waals surface area contributed by atoms with Gasteiger partial charge >= 0.3 is 5.97 Å². The predicted molar refractivity (Wildman–Crippen MR) is 91.3 cm³/mol. The van der Waals surface area contributed by atoms with Crippen molar-refractivity contribution in [3.63, 3.8) is 0 Å². The fourth-order valence-corrected chi connectivity index (χ4v) is 3.05. The Kier molecular flexibility index (Phi) is 5.21. The third-order valence-electron chi connectivity index (χ3n) is 4.32. The summed E-state index contributed by atoms with van der Waals surface area (Å²) < 4.78 is 10.6. The number of rotatable bonds is 5. The summed E-state index contributed by atoms with van der Waals surface area (Å²) in [5.41, 5.74) is 2.65. The molecule has 0 radical (unpaired) electrons. The first-order chi connectivity index (χ1) is 12.1. The van der Waals surface area contributed by atoms with Crippen LogP contribution in [0.4, 0.5) is 0 Å². The number of esters is 1. The Morgan fingerprint density at radius 1 is 1.20 bits per heavy atom. The molecule has 3 N–H and O–H groups in total. The Morgan fingerprint density at radius 3 is 2.64 bits per heavy atom. The van der Waals surface area contributed by atoms with E-state index >= 15 is 0 Å². The van der Waals surface area contributed by atoms with Crippen LogP contribution in [0.5, 0.6) is 11.5 Å². The van der Waals surface area contributed by atoms with E-state index in [2.05, 4.69) is 5.32 Å². The molecular weight excluding hydrogens is 322 g/mol. The van der Waals surface area contributed by atoms with Gasteiger partial charge in [-0.25, -0.2) is 0 Å². The monoisotopic (exact) mass is 343 g/mol. The smallest absolute Gasteiger partial charge is 0.323 e. The number of nitrogens with one attached hydrogen (secondary N) is 1. The van der Waals surface area contributed by atoms with Gasteiger partial charge in [-0.05, 0) is 35.2 Å². The normalized spacial score (nSPS) is 19.2. The minimum atomic E-state index is -0.522. The lowest BCUT2D eigenvalue weighted by molar-refractivity contribution is -0.143. The van der Waals surface area contributed by atoms with Crippen molar-refractivity contribution >= 4 is 5.97 Å². The SMILES string of the molecule is COC(=O)C1Cc2cc(O)c(O)cc2[C@H](COCc2ccccc2)N1. The minimum Gasteiger partial charge on any atom is -0.504 e. The Morgan fingerprint density at radius 2 is 1.92 bits per heavy atom. The zero-order chi connectivity index (χ0) is 17.8. The quantitative estimate of drug-likeness (QED) is 0.569. The second-order valence-electron chi connectivity index (χ2n) is 6.04. The maximum Gasteiger partial charge on any atom is 0.323 e. The number of ether oxygens (including phenoxy) is 2. The summed E-state index contributed by atoms with van der Waals surface area (Å²) in [5, 5.41) is 22.8. The van der Waals surface area contributed by atoms with Gasteiger partial charge in [0.15, 0.2) is 11.5 Å². The average Bonchev–Trinajstić information content (AvgIpc) is 2.63. The van der Waals surface area contributed by atoms with Crippen molar-refractivity contribution in [1.29, 1.82) is 0 Å². The maximum atomic E-state index is 11.9. The first-order valence-electron chi connectivity index (χ1n) is 8.08. The zero-order valence-electron chi connectivity index (χ0n) is 13.9. The Hall–Kier alpha value is -2.57. The summed E-state index contributed by atoms with van der Waals surface area (Å²) in [7, 11) is 1.34. The number of methoxy groups -OCH3 is 1. The summed E-state index contributed by atoms with van der Waals surface area (Å²) in [6, 6.07) is 12.0. The van der Waals surface area contributed by atoms with Crippen molar-refractivity contribution in [1.82, 2.24) is 5.32 Å². The second kappa shape index (κ2) is 7.55. The van der Waals surface area contributed by atoms with Gasteiger partial charge < -0.3 is 19.7 Å². The Balaban J connectivity index is 1.76. The molecule has 2 aromatic rings. The number of hydrogen-bond acceptors (Lipinski definition) is 6. The minimum absolute atomic E-state index is 0.190. The highest BCUT2D eigenvalue weighted by Crippen LogP contribution is 2.35. The van der Waals surface area contributed by atoms with Crippen LogP contribution < -0.4 is 5.32 Å². The van der Waals surface area contributed by atoms with E-state index in [9.17, 15) is 15.0 Å². The molecule has 0 amide bonds. The van der Waals surface area contributed by atoms with Crippen LogP contribution in [0.3, 0.4) is 0 Å². The van der Waals surface area contributed by atoms with Crippen molar-refractivity contribution in [2.75, 3.05) is 13.7 Å². The van der Waals surface area contributed by atoms with Gasteiger partial charge in [-0.3, -0.25) is 10.1 Å². The molecule has 1 aliphatic heterocycles. The van der Waals surface area contributed by atoms with Gasteiger partial charge in [0.1, 0.15) is 6.04 Å². The van der Waals surface area contributed by atoms with Crippen molar-refractivity contribution in [2.45, 2.75) is 25.1 Å². The summed E-state index contributed by atoms with van der Waals surface area (Å²) in [6.07, 6.45) is 0.380. The fraction of sp³-hybridized carbons (Fsp3) is 0.316. The first kappa shape index (κ1) is 17.3. The highest BCUT2D eigenvalue weighted by Gasteiger charge is 2.32. The molecule has 132 valence electrons. The number of phenolic OH excluding ortho intramolecular Hbond substituents is 2. The highest BCUT2D eigenvalue weighted by molar-refractivity contribution is 5.77. The van der Waals surface area contributed by atoms with Crippen LogP contribution in [-0.2, 0) is 27.3 Å². The van der Waals surface area contributed by atoms with Gasteiger partial charge in [-0.1, -0.05) is 30.3 Å². The van der Waals surface area contributed by atoms with Crippen LogP contribution in [-0.4, -0.2) is 35.9 Å². The molecule has 6 heteroatoms. The van der Waals surface area contributed by atoms with E-state index in [4.69, 9.17) is 9.47 Å². The molecule has 1 unspecified atom stereocenters. The van der Waals surface area contributed by atoms with E-state index in [1.165, 1.54) is 19.2 Å². The Bertz CT molecular complexity index is 747. The van der Waals surface area contributed by atoms with E-state index < -0.39 is 6.04 Å². The molecule has 2 aromatic carbocycles. The van der Waals surface area contributed by atoms with Crippen LogP contribution in [0.2, 0.25) is 0 Å². The first-order valence-corrected chi connectivity index (χ1v) is 8.08. The molecule has 6 nitrogen and oxygen atoms in total. The molecule has 0 aromatic heterocycles. The van der Waals surface area contributed by atoms with Gasteiger partial charge in [-0.2, -0.15) is 0 Å². The molecule has 0 aliphatic carbocycles. The summed E-state index contributed by atoms with van der Waals surface area (Å²) in [6.45, 7) is 0.765. The highest BCUT2D eigenvalue weighted by atomic mass is 16.5. The van der Waals surface area contributed by atoms with Gasteiger partial charge in [0.25, 0.3) is 0 Å². The van der Waals surface area contributed by atoms with E-state index in [0.29, 0.717) is 19.6 Å². The molecule has 25 heavy (non-hydrogen) atoms. The van der Waals surface area contributed by atoms with E-state index in [1.54, 1.807) is 0 Å². The number of hydrogen-bond donors (Lipinski definition) is 3. The maximum absolute atomic E-state index is 11.9. The summed E-state index contributed by atoms with van der Waals surface area (Å²) in [4.78, 5) is 11.9. The standard InChI is InChI=1S/C19H21NO5/c1-24-19(23)15-7-13-8-17(21)18(22)9-14(13)16(20-15)11-25-10-12-5-3-2-4-6-12/h2-6,8-9,15-16,20-22H,7,10-11H2,1H3/t15?,16-/m0/s1. The van der Waals surface area contributed by atoms with Crippen LogP contribution >= 0.6 is 0 Å². The number of fused-ring (bicyclic) bond motifs is 1. The van der Waals surface area contributed by atoms with Gasteiger partial charge in [0.05, 0.1) is 26.4 Å². The number of phenols is 2. The van der Waals surface area contributed by atoms with E-state index in [-0.39, 0.29) is 23.5 Å². The molecular formula is C19H21NO5. The summed E-state index contributed by atoms with van der Waals surface area (Å²) >= 11 is 0. The molecule has 1 heterocycles. The van der Waals surface area contributed by atoms with Gasteiger partial charge in [-0.15, -0.1) is 0 Å². The van der Waals surface area contributed by atoms with Crippen molar-refractivity contribution in [3.8, 4) is 11.5 Å². The van der Waals surface area contributed by atoms with Crippen LogP contribution in [0.25, 0.3) is 0 Å². The van der Waals surface area contributed by atoms with Crippen molar-refractivity contribution < 1.29 is 24.5 Å². The number of carbonyl (C=O) groups is 1. The second-order valence-corrected chi connectivity index (χ2v) is 6.04. The number of benzene rings is 2. The molecule has 0 bridgehead atoms. The summed E-state index contributed by atoms with van der Waals surface area (Å²) in [5.74, 6) is -0.760. The topological polar surface area (TPSA) is 88.0 Å². The van der Waals surface area contributed by atoms with E-state index in [0.717, 1.165) is 16.7 Å². The molecule has 0 saturated carbocycles. The van der Waals surface area contributed by atoms with E-state index in [1.807, 2.05) is 30.3 Å². The van der Waals surface area contributed by atoms with Crippen LogP contribution in [0.1, 0.15) is 22.7 Å².